The van der Waals surface area contributed by atoms with Crippen LogP contribution in [0.15, 0.2) is 83.8 Å². The fourth-order valence-electron chi connectivity index (χ4n) is 3.40. The number of hydrogen-bond acceptors (Lipinski definition) is 6. The number of carbonyl (C=O) groups is 2. The minimum Gasteiger partial charge on any atom is -0.458 e. The minimum atomic E-state index is -4.48. The summed E-state index contributed by atoms with van der Waals surface area (Å²) >= 11 is 5.83. The van der Waals surface area contributed by atoms with E-state index in [1.807, 2.05) is 6.07 Å². The van der Waals surface area contributed by atoms with Crippen LogP contribution < -0.4 is 0 Å². The van der Waals surface area contributed by atoms with Crippen molar-refractivity contribution >= 4 is 33.5 Å². The van der Waals surface area contributed by atoms with Gasteiger partial charge in [0.15, 0.2) is 0 Å². The second kappa shape index (κ2) is 8.26. The third-order valence-corrected chi connectivity index (χ3v) is 6.57. The number of ether oxygens (including phenoxy) is 1. The summed E-state index contributed by atoms with van der Waals surface area (Å²) in [4.78, 5) is 26.1. The Hall–Kier alpha value is -3.00. The third kappa shape index (κ3) is 4.12. The molecule has 0 saturated carbocycles. The topological polar surface area (TPSA) is 86.7 Å². The Kier molecular flexibility index (Phi) is 5.66. The Balaban J connectivity index is 1.69. The maximum Gasteiger partial charge on any atom is 0.348 e. The molecular formula is C23H17ClO6S. The van der Waals surface area contributed by atoms with Crippen molar-refractivity contribution in [3.63, 3.8) is 0 Å². The quantitative estimate of drug-likeness (QED) is 0.317. The maximum atomic E-state index is 13.2. The number of halogens is 1. The van der Waals surface area contributed by atoms with Crippen LogP contribution in [0.2, 0.25) is 5.02 Å². The predicted molar refractivity (Wildman–Crippen MR) is 113 cm³/mol. The van der Waals surface area contributed by atoms with Crippen LogP contribution >= 0.6 is 11.6 Å². The Morgan fingerprint density at radius 1 is 0.935 bits per heavy atom. The van der Waals surface area contributed by atoms with Gasteiger partial charge in [-0.2, -0.15) is 8.42 Å². The SMILES string of the molecule is O=C(OCc1ccccc1)C1(OS(=O)(=O)c2ccc(Cl)cc2)Cc2ccccc2C1=O. The minimum absolute atomic E-state index is 0.130. The molecule has 0 saturated heterocycles. The lowest BCUT2D eigenvalue weighted by Gasteiger charge is -2.25. The highest BCUT2D eigenvalue weighted by Gasteiger charge is 2.57. The van der Waals surface area contributed by atoms with Gasteiger partial charge in [-0.1, -0.05) is 66.2 Å². The van der Waals surface area contributed by atoms with Gasteiger partial charge in [0.25, 0.3) is 15.7 Å². The summed E-state index contributed by atoms with van der Waals surface area (Å²) < 4.78 is 36.6. The average molecular weight is 457 g/mol. The smallest absolute Gasteiger partial charge is 0.348 e. The van der Waals surface area contributed by atoms with Gasteiger partial charge in [-0.3, -0.25) is 4.79 Å². The van der Waals surface area contributed by atoms with Crippen molar-refractivity contribution in [2.45, 2.75) is 23.5 Å². The molecule has 158 valence electrons. The zero-order valence-corrected chi connectivity index (χ0v) is 17.7. The molecular weight excluding hydrogens is 440 g/mol. The van der Waals surface area contributed by atoms with E-state index in [0.717, 1.165) is 0 Å². The van der Waals surface area contributed by atoms with Crippen LogP contribution in [0.4, 0.5) is 0 Å². The first-order valence-electron chi connectivity index (χ1n) is 9.37. The fraction of sp³-hybridized carbons (Fsp3) is 0.130. The zero-order valence-electron chi connectivity index (χ0n) is 16.2. The predicted octanol–water partition coefficient (Wildman–Crippen LogP) is 3.97. The molecule has 0 bridgehead atoms. The molecule has 0 heterocycles. The Morgan fingerprint density at radius 2 is 1.58 bits per heavy atom. The lowest BCUT2D eigenvalue weighted by molar-refractivity contribution is -0.158. The first-order chi connectivity index (χ1) is 14.8. The molecule has 8 heteroatoms. The van der Waals surface area contributed by atoms with Crippen molar-refractivity contribution in [2.75, 3.05) is 0 Å². The highest BCUT2D eigenvalue weighted by molar-refractivity contribution is 7.86. The van der Waals surface area contributed by atoms with Crippen molar-refractivity contribution in [3.8, 4) is 0 Å². The molecule has 0 aromatic heterocycles. The highest BCUT2D eigenvalue weighted by atomic mass is 35.5. The van der Waals surface area contributed by atoms with E-state index in [1.54, 1.807) is 42.5 Å². The van der Waals surface area contributed by atoms with Gasteiger partial charge in [-0.25, -0.2) is 8.98 Å². The molecule has 1 unspecified atom stereocenters. The number of Topliss-reactive ketones (excluding diaryl/α,β-unsaturated/α-hetero) is 1. The number of carbonyl (C=O) groups excluding carboxylic acids is 2. The van der Waals surface area contributed by atoms with Crippen molar-refractivity contribution in [2.24, 2.45) is 0 Å². The summed E-state index contributed by atoms with van der Waals surface area (Å²) in [5.41, 5.74) is -0.910. The first-order valence-corrected chi connectivity index (χ1v) is 11.2. The van der Waals surface area contributed by atoms with Crippen LogP contribution in [0, 0.1) is 0 Å². The maximum absolute atomic E-state index is 13.2. The summed E-state index contributed by atoms with van der Waals surface area (Å²) in [5.74, 6) is -1.81. The van der Waals surface area contributed by atoms with E-state index < -0.39 is 27.5 Å². The molecule has 31 heavy (non-hydrogen) atoms. The Labute approximate surface area is 184 Å². The number of ketones is 1. The summed E-state index contributed by atoms with van der Waals surface area (Å²) in [6, 6.07) is 20.6. The lowest BCUT2D eigenvalue weighted by atomic mass is 9.99. The molecule has 6 nitrogen and oxygen atoms in total. The Bertz CT molecular complexity index is 1240. The second-order valence-electron chi connectivity index (χ2n) is 7.04. The molecule has 1 aliphatic carbocycles. The van der Waals surface area contributed by atoms with Gasteiger partial charge in [0.1, 0.15) is 6.61 Å². The van der Waals surface area contributed by atoms with E-state index in [2.05, 4.69) is 0 Å². The van der Waals surface area contributed by atoms with Crippen LogP contribution in [-0.4, -0.2) is 25.8 Å². The van der Waals surface area contributed by atoms with Gasteiger partial charge in [-0.05, 0) is 35.4 Å². The average Bonchev–Trinajstić information content (AvgIpc) is 3.05. The molecule has 0 aliphatic heterocycles. The van der Waals surface area contributed by atoms with Gasteiger partial charge in [0.2, 0.25) is 5.78 Å². The molecule has 3 aromatic rings. The van der Waals surface area contributed by atoms with Crippen LogP contribution in [0.5, 0.6) is 0 Å². The molecule has 3 aromatic carbocycles. The van der Waals surface area contributed by atoms with Crippen LogP contribution in [0.3, 0.4) is 0 Å². The molecule has 1 atom stereocenters. The van der Waals surface area contributed by atoms with E-state index in [9.17, 15) is 18.0 Å². The number of esters is 1. The normalized spacial score (nSPS) is 17.9. The Morgan fingerprint density at radius 3 is 2.26 bits per heavy atom. The third-order valence-electron chi connectivity index (χ3n) is 4.96. The highest BCUT2D eigenvalue weighted by Crippen LogP contribution is 2.37. The number of fused-ring (bicyclic) bond motifs is 1. The standard InChI is InChI=1S/C23H17ClO6S/c24-18-10-12-19(13-11-18)31(27,28)30-23(14-17-8-4-5-9-20(17)21(23)25)22(26)29-15-16-6-2-1-3-7-16/h1-13H,14-15H2. The summed E-state index contributed by atoms with van der Waals surface area (Å²) in [5, 5.41) is 0.334. The van der Waals surface area contributed by atoms with Gasteiger partial charge in [0, 0.05) is 17.0 Å². The van der Waals surface area contributed by atoms with Crippen molar-refractivity contribution in [1.29, 1.82) is 0 Å². The fourth-order valence-corrected chi connectivity index (χ4v) is 4.67. The molecule has 0 fully saturated rings. The largest absolute Gasteiger partial charge is 0.458 e. The van der Waals surface area contributed by atoms with E-state index in [0.29, 0.717) is 16.1 Å². The summed E-state index contributed by atoms with van der Waals surface area (Å²) in [6.45, 7) is -0.130. The second-order valence-corrected chi connectivity index (χ2v) is 9.03. The van der Waals surface area contributed by atoms with Gasteiger partial charge < -0.3 is 4.74 Å². The first kappa shape index (κ1) is 21.2. The molecule has 0 spiro atoms. The van der Waals surface area contributed by atoms with E-state index in [4.69, 9.17) is 20.5 Å². The van der Waals surface area contributed by atoms with Crippen LogP contribution in [0.1, 0.15) is 21.5 Å². The van der Waals surface area contributed by atoms with Crippen molar-refractivity contribution in [3.05, 3.63) is 101 Å². The summed E-state index contributed by atoms with van der Waals surface area (Å²) in [7, 11) is -4.48. The summed E-state index contributed by atoms with van der Waals surface area (Å²) in [6.07, 6.45) is -0.248. The molecule has 0 N–H and O–H groups in total. The van der Waals surface area contributed by atoms with Crippen molar-refractivity contribution in [1.82, 2.24) is 0 Å². The van der Waals surface area contributed by atoms with Gasteiger partial charge in [-0.15, -0.1) is 0 Å². The number of hydrogen-bond donors (Lipinski definition) is 0. The molecule has 0 amide bonds. The van der Waals surface area contributed by atoms with E-state index >= 15 is 0 Å². The number of rotatable bonds is 6. The molecule has 4 rings (SSSR count). The van der Waals surface area contributed by atoms with Gasteiger partial charge in [0.05, 0.1) is 4.90 Å². The van der Waals surface area contributed by atoms with E-state index in [1.165, 1.54) is 30.3 Å². The molecule has 1 aliphatic rings. The van der Waals surface area contributed by atoms with Crippen LogP contribution in [0.25, 0.3) is 0 Å². The monoisotopic (exact) mass is 456 g/mol. The van der Waals surface area contributed by atoms with Crippen LogP contribution in [-0.2, 0) is 36.9 Å². The van der Waals surface area contributed by atoms with Gasteiger partial charge >= 0.3 is 5.97 Å². The molecule has 0 radical (unpaired) electrons. The number of benzene rings is 3. The van der Waals surface area contributed by atoms with E-state index in [-0.39, 0.29) is 23.5 Å². The zero-order chi connectivity index (χ0) is 22.1. The van der Waals surface area contributed by atoms with Crippen molar-refractivity contribution < 1.29 is 26.9 Å². The lowest BCUT2D eigenvalue weighted by Crippen LogP contribution is -2.49.